The fraction of sp³-hybridized carbons (Fsp3) is 0. The maximum Gasteiger partial charge on any atom is 0.268 e. The third-order valence-corrected chi connectivity index (χ3v) is 6.76. The molecule has 0 aliphatic rings. The molecule has 5 rings (SSSR count). The van der Waals surface area contributed by atoms with Gasteiger partial charge < -0.3 is 4.98 Å². The molecule has 5 nitrogen and oxygen atoms in total. The average Bonchev–Trinajstić information content (AvgIpc) is 3.34. The molecule has 0 saturated carbocycles. The van der Waals surface area contributed by atoms with E-state index >= 15 is 0 Å². The Kier molecular flexibility index (Phi) is 3.79. The summed E-state index contributed by atoms with van der Waals surface area (Å²) in [5, 5.41) is 2.11. The van der Waals surface area contributed by atoms with Gasteiger partial charge in [0.15, 0.2) is 0 Å². The molecule has 0 saturated heterocycles. The molecular weight excluding hydrogens is 394 g/mol. The Hall–Kier alpha value is -3.09. The lowest BCUT2D eigenvalue weighted by Crippen LogP contribution is -2.11. The second-order valence-corrected chi connectivity index (χ2v) is 8.62. The quantitative estimate of drug-likeness (QED) is 0.453. The van der Waals surface area contributed by atoms with Gasteiger partial charge in [0.2, 0.25) is 0 Å². The van der Waals surface area contributed by atoms with E-state index in [0.29, 0.717) is 16.2 Å². The predicted octanol–water partition coefficient (Wildman–Crippen LogP) is 5.08. The number of nitrogens with zero attached hydrogens (tertiary/aromatic N) is 2. The van der Waals surface area contributed by atoms with Crippen molar-refractivity contribution in [3.8, 4) is 11.1 Å². The van der Waals surface area contributed by atoms with Crippen LogP contribution in [0.15, 0.2) is 84.1 Å². The van der Waals surface area contributed by atoms with Gasteiger partial charge in [-0.25, -0.2) is 17.4 Å². The summed E-state index contributed by atoms with van der Waals surface area (Å²) in [5.41, 5.74) is 2.79. The van der Waals surface area contributed by atoms with Crippen molar-refractivity contribution in [3.05, 3.63) is 84.3 Å². The number of rotatable bonds is 3. The zero-order chi connectivity index (χ0) is 19.3. The number of aromatic amines is 1. The third-order valence-electron chi connectivity index (χ3n) is 4.79. The van der Waals surface area contributed by atoms with Crippen LogP contribution in [-0.2, 0) is 10.0 Å². The number of H-pyrrole nitrogens is 1. The third kappa shape index (κ3) is 2.46. The fourth-order valence-corrected chi connectivity index (χ4v) is 5.15. The molecule has 0 fully saturated rings. The lowest BCUT2D eigenvalue weighted by Gasteiger charge is -2.07. The van der Waals surface area contributed by atoms with E-state index in [4.69, 9.17) is 11.6 Å². The Labute approximate surface area is 166 Å². The van der Waals surface area contributed by atoms with Crippen LogP contribution in [0, 0.1) is 0 Å². The van der Waals surface area contributed by atoms with Crippen molar-refractivity contribution in [1.82, 2.24) is 13.9 Å². The maximum absolute atomic E-state index is 13.3. The molecule has 3 heterocycles. The lowest BCUT2D eigenvalue weighted by atomic mass is 10.0. The van der Waals surface area contributed by atoms with E-state index in [1.165, 1.54) is 3.97 Å². The number of para-hydroxylation sites is 1. The minimum atomic E-state index is -3.76. The van der Waals surface area contributed by atoms with Crippen molar-refractivity contribution in [2.75, 3.05) is 0 Å². The molecule has 0 amide bonds. The molecule has 0 aliphatic heterocycles. The van der Waals surface area contributed by atoms with Crippen LogP contribution in [0.3, 0.4) is 0 Å². The molecule has 5 aromatic rings. The van der Waals surface area contributed by atoms with E-state index in [1.807, 2.05) is 24.3 Å². The minimum absolute atomic E-state index is 0.231. The normalized spacial score (nSPS) is 12.0. The van der Waals surface area contributed by atoms with Gasteiger partial charge in [-0.2, -0.15) is 0 Å². The van der Waals surface area contributed by atoms with Gasteiger partial charge >= 0.3 is 0 Å². The van der Waals surface area contributed by atoms with E-state index in [2.05, 4.69) is 9.97 Å². The molecule has 0 unspecified atom stereocenters. The minimum Gasteiger partial charge on any atom is -0.346 e. The van der Waals surface area contributed by atoms with Crippen LogP contribution < -0.4 is 0 Å². The summed E-state index contributed by atoms with van der Waals surface area (Å²) in [6, 6.07) is 17.7. The summed E-state index contributed by atoms with van der Waals surface area (Å²) in [6.07, 6.45) is 5.01. The van der Waals surface area contributed by atoms with Crippen LogP contribution in [0.2, 0.25) is 5.02 Å². The molecule has 0 aliphatic carbocycles. The topological polar surface area (TPSA) is 67.8 Å². The van der Waals surface area contributed by atoms with Crippen LogP contribution in [0.5, 0.6) is 0 Å². The zero-order valence-corrected chi connectivity index (χ0v) is 16.1. The number of halogens is 1. The Morgan fingerprint density at radius 1 is 0.929 bits per heavy atom. The standard InChI is InChI=1S/C21H14ClN3O2S/c22-18-12-24-21-16(10-11-23-21)20(18)17-13-25(19-9-5-4-8-15(17)19)28(26,27)14-6-2-1-3-7-14/h1-13H,(H,23,24). The monoisotopic (exact) mass is 407 g/mol. The Balaban J connectivity index is 1.86. The molecule has 28 heavy (non-hydrogen) atoms. The molecular formula is C21H14ClN3O2S. The van der Waals surface area contributed by atoms with Crippen molar-refractivity contribution in [2.45, 2.75) is 4.90 Å². The molecule has 0 bridgehead atoms. The number of fused-ring (bicyclic) bond motifs is 2. The number of aromatic nitrogens is 3. The van der Waals surface area contributed by atoms with Gasteiger partial charge in [0.1, 0.15) is 5.65 Å². The first kappa shape index (κ1) is 17.0. The van der Waals surface area contributed by atoms with Crippen molar-refractivity contribution in [1.29, 1.82) is 0 Å². The first-order chi connectivity index (χ1) is 13.6. The molecule has 1 N–H and O–H groups in total. The average molecular weight is 408 g/mol. The van der Waals surface area contributed by atoms with Crippen LogP contribution in [0.4, 0.5) is 0 Å². The van der Waals surface area contributed by atoms with E-state index in [1.54, 1.807) is 55.0 Å². The smallest absolute Gasteiger partial charge is 0.268 e. The van der Waals surface area contributed by atoms with E-state index in [-0.39, 0.29) is 4.90 Å². The summed E-state index contributed by atoms with van der Waals surface area (Å²) >= 11 is 6.50. The van der Waals surface area contributed by atoms with Gasteiger partial charge in [-0.15, -0.1) is 0 Å². The molecule has 0 atom stereocenters. The van der Waals surface area contributed by atoms with Gasteiger partial charge in [0, 0.05) is 40.5 Å². The highest BCUT2D eigenvalue weighted by molar-refractivity contribution is 7.90. The van der Waals surface area contributed by atoms with Crippen LogP contribution in [-0.4, -0.2) is 22.4 Å². The van der Waals surface area contributed by atoms with Crippen LogP contribution >= 0.6 is 11.6 Å². The van der Waals surface area contributed by atoms with Gasteiger partial charge in [0.05, 0.1) is 15.4 Å². The molecule has 2 aromatic carbocycles. The van der Waals surface area contributed by atoms with Gasteiger partial charge in [-0.05, 0) is 24.3 Å². The molecule has 138 valence electrons. The first-order valence-electron chi connectivity index (χ1n) is 8.60. The van der Waals surface area contributed by atoms with Crippen molar-refractivity contribution in [3.63, 3.8) is 0 Å². The van der Waals surface area contributed by atoms with Gasteiger partial charge in [-0.1, -0.05) is 48.0 Å². The van der Waals surface area contributed by atoms with E-state index in [0.717, 1.165) is 21.9 Å². The summed E-state index contributed by atoms with van der Waals surface area (Å²) in [4.78, 5) is 7.60. The van der Waals surface area contributed by atoms with E-state index in [9.17, 15) is 8.42 Å². The van der Waals surface area contributed by atoms with Crippen molar-refractivity contribution in [2.24, 2.45) is 0 Å². The SMILES string of the molecule is O=S(=O)(c1ccccc1)n1cc(-c2c(Cl)cnc3[nH]ccc23)c2ccccc21. The summed E-state index contributed by atoms with van der Waals surface area (Å²) < 4.78 is 27.9. The molecule has 0 spiro atoms. The number of nitrogens with one attached hydrogen (secondary N) is 1. The first-order valence-corrected chi connectivity index (χ1v) is 10.4. The number of hydrogen-bond acceptors (Lipinski definition) is 3. The van der Waals surface area contributed by atoms with E-state index < -0.39 is 10.0 Å². The van der Waals surface area contributed by atoms with Crippen LogP contribution in [0.1, 0.15) is 0 Å². The second kappa shape index (κ2) is 6.22. The van der Waals surface area contributed by atoms with Gasteiger partial charge in [-0.3, -0.25) is 0 Å². The number of hydrogen-bond donors (Lipinski definition) is 1. The Bertz CT molecular complexity index is 1440. The predicted molar refractivity (Wildman–Crippen MR) is 111 cm³/mol. The number of benzene rings is 2. The Morgan fingerprint density at radius 3 is 2.50 bits per heavy atom. The van der Waals surface area contributed by atoms with Crippen LogP contribution in [0.25, 0.3) is 33.1 Å². The lowest BCUT2D eigenvalue weighted by molar-refractivity contribution is 0.589. The highest BCUT2D eigenvalue weighted by atomic mass is 35.5. The van der Waals surface area contributed by atoms with Gasteiger partial charge in [0.25, 0.3) is 10.0 Å². The second-order valence-electron chi connectivity index (χ2n) is 6.39. The summed E-state index contributed by atoms with van der Waals surface area (Å²) in [5.74, 6) is 0. The number of pyridine rings is 1. The largest absolute Gasteiger partial charge is 0.346 e. The fourth-order valence-electron chi connectivity index (χ4n) is 3.51. The van der Waals surface area contributed by atoms with Crippen molar-refractivity contribution < 1.29 is 8.42 Å². The molecule has 7 heteroatoms. The maximum atomic E-state index is 13.3. The molecule has 0 radical (unpaired) electrons. The summed E-state index contributed by atoms with van der Waals surface area (Å²) in [6.45, 7) is 0. The summed E-state index contributed by atoms with van der Waals surface area (Å²) in [7, 11) is -3.76. The Morgan fingerprint density at radius 2 is 1.68 bits per heavy atom. The van der Waals surface area contributed by atoms with Crippen molar-refractivity contribution >= 4 is 43.6 Å². The zero-order valence-electron chi connectivity index (χ0n) is 14.5. The molecule has 3 aromatic heterocycles. The highest BCUT2D eigenvalue weighted by Gasteiger charge is 2.23. The highest BCUT2D eigenvalue weighted by Crippen LogP contribution is 2.39.